The first-order valence-electron chi connectivity index (χ1n) is 5.59. The van der Waals surface area contributed by atoms with Crippen molar-refractivity contribution in [2.75, 3.05) is 14.2 Å². The Balaban J connectivity index is 3.11. The molecule has 0 saturated carbocycles. The minimum Gasteiger partial charge on any atom is -0.467 e. The molecular weight excluding hydrogens is 388 g/mol. The van der Waals surface area contributed by atoms with E-state index in [0.29, 0.717) is 0 Å². The quantitative estimate of drug-likeness (QED) is 0.521. The zero-order valence-corrected chi connectivity index (χ0v) is 14.2. The van der Waals surface area contributed by atoms with Crippen LogP contribution in [-0.2, 0) is 28.5 Å². The van der Waals surface area contributed by atoms with Crippen LogP contribution in [0.5, 0.6) is 0 Å². The fourth-order valence-corrected chi connectivity index (χ4v) is 3.39. The van der Waals surface area contributed by atoms with E-state index in [4.69, 9.17) is 9.47 Å². The summed E-state index contributed by atoms with van der Waals surface area (Å²) < 4.78 is 20.6. The predicted octanol–water partition coefficient (Wildman–Crippen LogP) is 1.38. The first-order chi connectivity index (χ1) is 8.80. The van der Waals surface area contributed by atoms with Crippen LogP contribution < -0.4 is 0 Å². The summed E-state index contributed by atoms with van der Waals surface area (Å²) in [5.41, 5.74) is 0. The Morgan fingerprint density at radius 3 is 1.53 bits per heavy atom. The number of rotatable bonds is 4. The first-order valence-corrected chi connectivity index (χ1v) is 7.42. The Morgan fingerprint density at radius 2 is 1.32 bits per heavy atom. The van der Waals surface area contributed by atoms with E-state index < -0.39 is 29.9 Å². The highest BCUT2D eigenvalue weighted by Crippen LogP contribution is 2.41. The van der Waals surface area contributed by atoms with Crippen LogP contribution in [0.1, 0.15) is 13.8 Å². The first kappa shape index (κ1) is 16.9. The van der Waals surface area contributed by atoms with Crippen molar-refractivity contribution in [3.8, 4) is 0 Å². The Labute approximate surface area is 128 Å². The third-order valence-corrected chi connectivity index (χ3v) is 4.15. The minimum absolute atomic E-state index is 0.267. The van der Waals surface area contributed by atoms with E-state index in [1.54, 1.807) is 13.8 Å². The zero-order chi connectivity index (χ0) is 14.8. The summed E-state index contributed by atoms with van der Waals surface area (Å²) in [5, 5.41) is 0. The fraction of sp³-hybridized carbons (Fsp3) is 0.818. The van der Waals surface area contributed by atoms with Crippen molar-refractivity contribution in [2.45, 2.75) is 41.5 Å². The Morgan fingerprint density at radius 1 is 1.00 bits per heavy atom. The van der Waals surface area contributed by atoms with Crippen molar-refractivity contribution >= 4 is 43.8 Å². The lowest BCUT2D eigenvalue weighted by Gasteiger charge is -2.33. The van der Waals surface area contributed by atoms with Gasteiger partial charge in [-0.25, -0.2) is 9.59 Å². The lowest BCUT2D eigenvalue weighted by atomic mass is 10.1. The molecule has 6 nitrogen and oxygen atoms in total. The molecule has 0 aromatic rings. The fourth-order valence-electron chi connectivity index (χ4n) is 1.82. The molecule has 1 fully saturated rings. The van der Waals surface area contributed by atoms with Crippen molar-refractivity contribution in [3.63, 3.8) is 0 Å². The SMILES string of the molecule is COC(=O)[C@@H]1OC(C(C)Br)(C(C)Br)O[C@H]1C(=O)OC. The number of carbonyl (C=O) groups excluding carboxylic acids is 2. The van der Waals surface area contributed by atoms with Crippen LogP contribution in [0.25, 0.3) is 0 Å². The summed E-state index contributed by atoms with van der Waals surface area (Å²) in [6, 6.07) is 0. The molecule has 110 valence electrons. The molecule has 0 aromatic heterocycles. The number of hydrogen-bond donors (Lipinski definition) is 0. The lowest BCUT2D eigenvalue weighted by Crippen LogP contribution is -2.47. The van der Waals surface area contributed by atoms with Gasteiger partial charge in [0.25, 0.3) is 0 Å². The molecule has 8 heteroatoms. The second-order valence-corrected chi connectivity index (χ2v) is 6.82. The molecule has 1 rings (SSSR count). The normalized spacial score (nSPS) is 28.5. The van der Waals surface area contributed by atoms with Crippen LogP contribution in [0.2, 0.25) is 0 Å². The number of carbonyl (C=O) groups is 2. The number of methoxy groups -OCH3 is 2. The standard InChI is InChI=1S/C11H16Br2O6/c1-5(12)11(6(2)13)18-7(9(14)16-3)8(19-11)10(15)17-4/h5-8H,1-4H3/t5?,6?,7-,8-/m1/s1. The maximum absolute atomic E-state index is 11.7. The molecule has 1 aliphatic heterocycles. The number of ether oxygens (including phenoxy) is 4. The van der Waals surface area contributed by atoms with E-state index >= 15 is 0 Å². The van der Waals surface area contributed by atoms with Gasteiger partial charge >= 0.3 is 11.9 Å². The van der Waals surface area contributed by atoms with Crippen molar-refractivity contribution in [1.29, 1.82) is 0 Å². The molecule has 4 atom stereocenters. The third-order valence-electron chi connectivity index (χ3n) is 2.87. The van der Waals surface area contributed by atoms with Crippen LogP contribution >= 0.6 is 31.9 Å². The van der Waals surface area contributed by atoms with Crippen LogP contribution in [0.4, 0.5) is 0 Å². The summed E-state index contributed by atoms with van der Waals surface area (Å²) in [7, 11) is 2.43. The lowest BCUT2D eigenvalue weighted by molar-refractivity contribution is -0.183. The van der Waals surface area contributed by atoms with E-state index in [2.05, 4.69) is 41.3 Å². The summed E-state index contributed by atoms with van der Waals surface area (Å²) in [5.74, 6) is -2.53. The molecule has 0 aliphatic carbocycles. The van der Waals surface area contributed by atoms with Crippen LogP contribution in [-0.4, -0.2) is 53.8 Å². The van der Waals surface area contributed by atoms with Gasteiger partial charge < -0.3 is 18.9 Å². The Hall–Kier alpha value is -0.180. The van der Waals surface area contributed by atoms with Crippen molar-refractivity contribution in [3.05, 3.63) is 0 Å². The number of hydrogen-bond acceptors (Lipinski definition) is 6. The largest absolute Gasteiger partial charge is 0.467 e. The van der Waals surface area contributed by atoms with E-state index in [9.17, 15) is 9.59 Å². The van der Waals surface area contributed by atoms with E-state index in [-0.39, 0.29) is 9.65 Å². The number of esters is 2. The molecule has 1 heterocycles. The monoisotopic (exact) mass is 402 g/mol. The van der Waals surface area contributed by atoms with Gasteiger partial charge in [-0.05, 0) is 13.8 Å². The number of halogens is 2. The van der Waals surface area contributed by atoms with Crippen molar-refractivity contribution in [1.82, 2.24) is 0 Å². The summed E-state index contributed by atoms with van der Waals surface area (Å²) >= 11 is 6.74. The zero-order valence-electron chi connectivity index (χ0n) is 11.0. The van der Waals surface area contributed by atoms with Gasteiger partial charge in [0, 0.05) is 0 Å². The molecule has 0 amide bonds. The molecule has 0 bridgehead atoms. The van der Waals surface area contributed by atoms with Gasteiger partial charge in [0.15, 0.2) is 18.0 Å². The Bertz CT molecular complexity index is 323. The second kappa shape index (κ2) is 6.51. The van der Waals surface area contributed by atoms with E-state index in [1.807, 2.05) is 0 Å². The third kappa shape index (κ3) is 3.12. The highest BCUT2D eigenvalue weighted by molar-refractivity contribution is 9.10. The highest BCUT2D eigenvalue weighted by atomic mass is 79.9. The summed E-state index contributed by atoms with van der Waals surface area (Å²) in [6.07, 6.45) is -2.31. The second-order valence-electron chi connectivity index (χ2n) is 4.08. The van der Waals surface area contributed by atoms with Crippen molar-refractivity contribution < 1.29 is 28.5 Å². The molecule has 0 radical (unpaired) electrons. The average molecular weight is 404 g/mol. The van der Waals surface area contributed by atoms with Gasteiger partial charge in [0.1, 0.15) is 0 Å². The van der Waals surface area contributed by atoms with Gasteiger partial charge in [0.05, 0.1) is 23.9 Å². The van der Waals surface area contributed by atoms with Crippen LogP contribution in [0.15, 0.2) is 0 Å². The average Bonchev–Trinajstić information content (AvgIpc) is 2.78. The van der Waals surface area contributed by atoms with Gasteiger partial charge in [-0.3, -0.25) is 0 Å². The van der Waals surface area contributed by atoms with Gasteiger partial charge in [-0.2, -0.15) is 0 Å². The maximum atomic E-state index is 11.7. The van der Waals surface area contributed by atoms with Crippen LogP contribution in [0.3, 0.4) is 0 Å². The topological polar surface area (TPSA) is 71.1 Å². The maximum Gasteiger partial charge on any atom is 0.338 e. The highest BCUT2D eigenvalue weighted by Gasteiger charge is 2.58. The molecule has 1 aliphatic rings. The smallest absolute Gasteiger partial charge is 0.338 e. The molecule has 19 heavy (non-hydrogen) atoms. The molecule has 0 aromatic carbocycles. The molecular formula is C11H16Br2O6. The van der Waals surface area contributed by atoms with Gasteiger partial charge in [-0.15, -0.1) is 0 Å². The van der Waals surface area contributed by atoms with Gasteiger partial charge in [0.2, 0.25) is 0 Å². The molecule has 2 unspecified atom stereocenters. The molecule has 0 N–H and O–H groups in total. The molecule has 1 saturated heterocycles. The predicted molar refractivity (Wildman–Crippen MR) is 73.3 cm³/mol. The number of alkyl halides is 2. The van der Waals surface area contributed by atoms with E-state index in [0.717, 1.165) is 0 Å². The van der Waals surface area contributed by atoms with Gasteiger partial charge in [-0.1, -0.05) is 31.9 Å². The summed E-state index contributed by atoms with van der Waals surface area (Å²) in [4.78, 5) is 22.9. The molecule has 0 spiro atoms. The van der Waals surface area contributed by atoms with Crippen molar-refractivity contribution in [2.24, 2.45) is 0 Å². The summed E-state index contributed by atoms with van der Waals surface area (Å²) in [6.45, 7) is 3.59. The Kier molecular flexibility index (Phi) is 5.78. The minimum atomic E-state index is -1.17. The van der Waals surface area contributed by atoms with Crippen LogP contribution in [0, 0.1) is 0 Å². The van der Waals surface area contributed by atoms with E-state index in [1.165, 1.54) is 14.2 Å².